The molecule has 0 spiro atoms. The largest absolute Gasteiger partial charge is 0.493 e. The third-order valence-electron chi connectivity index (χ3n) is 5.62. The topological polar surface area (TPSA) is 79.1 Å². The van der Waals surface area contributed by atoms with Gasteiger partial charge in [0.1, 0.15) is 12.4 Å². The lowest BCUT2D eigenvalue weighted by molar-refractivity contribution is -0.140. The van der Waals surface area contributed by atoms with E-state index in [1.807, 2.05) is 37.3 Å². The number of aromatic nitrogens is 1. The number of rotatable bonds is 9. The molecular formula is C27H27ClN2O5S. The van der Waals surface area contributed by atoms with Crippen LogP contribution >= 0.6 is 22.9 Å². The van der Waals surface area contributed by atoms with Gasteiger partial charge in [0, 0.05) is 17.7 Å². The highest BCUT2D eigenvalue weighted by atomic mass is 35.5. The molecule has 1 unspecified atom stereocenters. The summed E-state index contributed by atoms with van der Waals surface area (Å²) in [4.78, 5) is 32.0. The summed E-state index contributed by atoms with van der Waals surface area (Å²) in [5, 5.41) is 0.555. The Labute approximate surface area is 217 Å². The summed E-state index contributed by atoms with van der Waals surface area (Å²) < 4.78 is 18.3. The van der Waals surface area contributed by atoms with E-state index in [0.29, 0.717) is 38.0 Å². The van der Waals surface area contributed by atoms with Crippen LogP contribution in [0.25, 0.3) is 6.08 Å². The average Bonchev–Trinajstić information content (AvgIpc) is 3.17. The molecule has 9 heteroatoms. The molecule has 2 aromatic carbocycles. The van der Waals surface area contributed by atoms with Gasteiger partial charge < -0.3 is 14.2 Å². The van der Waals surface area contributed by atoms with Crippen LogP contribution in [-0.4, -0.2) is 37.5 Å². The highest BCUT2D eigenvalue weighted by molar-refractivity contribution is 7.07. The van der Waals surface area contributed by atoms with E-state index in [9.17, 15) is 9.59 Å². The van der Waals surface area contributed by atoms with Crippen LogP contribution < -0.4 is 19.6 Å². The molecule has 188 valence electrons. The summed E-state index contributed by atoms with van der Waals surface area (Å²) in [5.74, 6) is 0.166. The summed E-state index contributed by atoms with van der Waals surface area (Å²) >= 11 is 7.39. The van der Waals surface area contributed by atoms with Gasteiger partial charge in [-0.1, -0.05) is 60.2 Å². The zero-order valence-electron chi connectivity index (χ0n) is 20.3. The maximum atomic E-state index is 13.7. The first-order valence-electron chi connectivity index (χ1n) is 11.6. The molecule has 0 radical (unpaired) electrons. The maximum absolute atomic E-state index is 13.7. The fraction of sp³-hybridized carbons (Fsp3) is 0.296. The number of thiazole rings is 1. The maximum Gasteiger partial charge on any atom is 0.338 e. The quantitative estimate of drug-likeness (QED) is 0.312. The highest BCUT2D eigenvalue weighted by Crippen LogP contribution is 2.31. The van der Waals surface area contributed by atoms with Crippen molar-refractivity contribution in [3.05, 3.63) is 95.6 Å². The molecule has 1 aliphatic heterocycles. The van der Waals surface area contributed by atoms with Gasteiger partial charge in [-0.3, -0.25) is 9.36 Å². The van der Waals surface area contributed by atoms with Crippen molar-refractivity contribution < 1.29 is 19.0 Å². The van der Waals surface area contributed by atoms with Gasteiger partial charge in [-0.15, -0.1) is 0 Å². The Morgan fingerprint density at radius 2 is 1.89 bits per heavy atom. The number of halogens is 1. The minimum absolute atomic E-state index is 0.0957. The minimum Gasteiger partial charge on any atom is -0.493 e. The predicted octanol–water partition coefficient (Wildman–Crippen LogP) is 3.87. The van der Waals surface area contributed by atoms with Gasteiger partial charge in [0.05, 0.1) is 35.1 Å². The van der Waals surface area contributed by atoms with Crippen molar-refractivity contribution >= 4 is 35.0 Å². The summed E-state index contributed by atoms with van der Waals surface area (Å²) in [6.07, 6.45) is 2.68. The highest BCUT2D eigenvalue weighted by Gasteiger charge is 2.33. The van der Waals surface area contributed by atoms with E-state index in [4.69, 9.17) is 25.8 Å². The van der Waals surface area contributed by atoms with Crippen LogP contribution in [0.1, 0.15) is 37.4 Å². The van der Waals surface area contributed by atoms with E-state index in [1.54, 1.807) is 35.8 Å². The number of para-hydroxylation sites is 1. The first-order chi connectivity index (χ1) is 17.4. The zero-order valence-corrected chi connectivity index (χ0v) is 21.9. The molecule has 2 heterocycles. The Balaban J connectivity index is 1.86. The first kappa shape index (κ1) is 25.9. The lowest BCUT2D eigenvalue weighted by atomic mass is 9.96. The van der Waals surface area contributed by atoms with E-state index in [2.05, 4.69) is 4.99 Å². The summed E-state index contributed by atoms with van der Waals surface area (Å²) in [6.45, 7) is 4.73. The van der Waals surface area contributed by atoms with Crippen molar-refractivity contribution in [2.75, 3.05) is 26.9 Å². The molecule has 3 aromatic rings. The van der Waals surface area contributed by atoms with Gasteiger partial charge in [0.2, 0.25) is 0 Å². The van der Waals surface area contributed by atoms with Crippen molar-refractivity contribution in [2.45, 2.75) is 26.3 Å². The van der Waals surface area contributed by atoms with Gasteiger partial charge >= 0.3 is 5.97 Å². The second-order valence-electron chi connectivity index (χ2n) is 8.15. The number of hydrogen-bond acceptors (Lipinski definition) is 7. The predicted molar refractivity (Wildman–Crippen MR) is 140 cm³/mol. The third-order valence-corrected chi connectivity index (χ3v) is 6.85. The van der Waals surface area contributed by atoms with E-state index >= 15 is 0 Å². The van der Waals surface area contributed by atoms with Crippen molar-refractivity contribution in [3.8, 4) is 5.75 Å². The summed E-state index contributed by atoms with van der Waals surface area (Å²) in [6, 6.07) is 14.0. The Kier molecular flexibility index (Phi) is 8.40. The van der Waals surface area contributed by atoms with Crippen LogP contribution in [0.3, 0.4) is 0 Å². The number of benzene rings is 2. The van der Waals surface area contributed by atoms with Crippen molar-refractivity contribution in [1.82, 2.24) is 4.57 Å². The van der Waals surface area contributed by atoms with E-state index in [-0.39, 0.29) is 18.8 Å². The third kappa shape index (κ3) is 5.46. The van der Waals surface area contributed by atoms with Gasteiger partial charge in [0.15, 0.2) is 4.80 Å². The van der Waals surface area contributed by atoms with Crippen LogP contribution in [-0.2, 0) is 14.3 Å². The Bertz CT molecular complexity index is 1460. The SMILES string of the molecule is CCCOc1ccccc1C=c1sc2n(c1=O)C(c1ccc(Cl)cc1)C(C(=O)OCCOC)=C(C)N=2. The number of carbonyl (C=O) groups excluding carboxylic acids is 1. The number of methoxy groups -OCH3 is 1. The standard InChI is InChI=1S/C27H27ClN2O5S/c1-4-13-34-21-8-6-5-7-19(21)16-22-25(31)30-24(18-9-11-20(28)12-10-18)23(17(2)29-27(30)36-22)26(32)35-15-14-33-3/h5-12,16,24H,4,13-15H2,1-3H3. The van der Waals surface area contributed by atoms with E-state index in [0.717, 1.165) is 17.5 Å². The summed E-state index contributed by atoms with van der Waals surface area (Å²) in [7, 11) is 1.53. The molecule has 36 heavy (non-hydrogen) atoms. The van der Waals surface area contributed by atoms with Crippen molar-refractivity contribution in [1.29, 1.82) is 0 Å². The van der Waals surface area contributed by atoms with E-state index in [1.165, 1.54) is 18.4 Å². The molecular weight excluding hydrogens is 500 g/mol. The fourth-order valence-corrected chi connectivity index (χ4v) is 5.09. The lowest BCUT2D eigenvalue weighted by Crippen LogP contribution is -2.40. The average molecular weight is 527 g/mol. The number of allylic oxidation sites excluding steroid dienone is 1. The molecule has 4 rings (SSSR count). The van der Waals surface area contributed by atoms with Crippen LogP contribution in [0.2, 0.25) is 5.02 Å². The first-order valence-corrected chi connectivity index (χ1v) is 12.8. The van der Waals surface area contributed by atoms with E-state index < -0.39 is 12.0 Å². The molecule has 0 amide bonds. The normalized spacial score (nSPS) is 15.4. The molecule has 1 aromatic heterocycles. The van der Waals surface area contributed by atoms with Crippen LogP contribution in [0.5, 0.6) is 5.75 Å². The molecule has 0 saturated carbocycles. The smallest absolute Gasteiger partial charge is 0.338 e. The Morgan fingerprint density at radius 3 is 2.61 bits per heavy atom. The van der Waals surface area contributed by atoms with Crippen LogP contribution in [0.4, 0.5) is 0 Å². The fourth-order valence-electron chi connectivity index (χ4n) is 3.92. The molecule has 0 saturated heterocycles. The molecule has 0 bridgehead atoms. The molecule has 1 aliphatic rings. The molecule has 1 atom stereocenters. The lowest BCUT2D eigenvalue weighted by Gasteiger charge is -2.24. The number of nitrogens with zero attached hydrogens (tertiary/aromatic N) is 2. The van der Waals surface area contributed by atoms with Crippen LogP contribution in [0, 0.1) is 0 Å². The van der Waals surface area contributed by atoms with Crippen molar-refractivity contribution in [2.24, 2.45) is 4.99 Å². The van der Waals surface area contributed by atoms with Crippen LogP contribution in [0.15, 0.2) is 69.6 Å². The number of hydrogen-bond donors (Lipinski definition) is 0. The van der Waals surface area contributed by atoms with Gasteiger partial charge in [0.25, 0.3) is 5.56 Å². The van der Waals surface area contributed by atoms with Crippen molar-refractivity contribution in [3.63, 3.8) is 0 Å². The second-order valence-corrected chi connectivity index (χ2v) is 9.59. The molecule has 0 N–H and O–H groups in total. The number of esters is 1. The zero-order chi connectivity index (χ0) is 25.7. The molecule has 0 aliphatic carbocycles. The van der Waals surface area contributed by atoms with Gasteiger partial charge in [-0.25, -0.2) is 9.79 Å². The Hall–Kier alpha value is -3.20. The molecule has 0 fully saturated rings. The number of fused-ring (bicyclic) bond motifs is 1. The van der Waals surface area contributed by atoms with Gasteiger partial charge in [-0.2, -0.15) is 0 Å². The monoisotopic (exact) mass is 526 g/mol. The summed E-state index contributed by atoms with van der Waals surface area (Å²) in [5.41, 5.74) is 2.08. The Morgan fingerprint density at radius 1 is 1.14 bits per heavy atom. The minimum atomic E-state index is -0.706. The molecule has 7 nitrogen and oxygen atoms in total. The van der Waals surface area contributed by atoms with Gasteiger partial charge in [-0.05, 0) is 43.2 Å². The number of carbonyl (C=O) groups is 1. The number of ether oxygens (including phenoxy) is 3. The second kappa shape index (κ2) is 11.7.